The van der Waals surface area contributed by atoms with E-state index in [0.29, 0.717) is 22.6 Å². The van der Waals surface area contributed by atoms with Gasteiger partial charge in [0.2, 0.25) is 5.43 Å². The maximum atomic E-state index is 13.4. The van der Waals surface area contributed by atoms with Crippen LogP contribution in [0.3, 0.4) is 0 Å². The number of hydrogen-bond acceptors (Lipinski definition) is 7. The van der Waals surface area contributed by atoms with Crippen LogP contribution in [-0.2, 0) is 6.42 Å². The average Bonchev–Trinajstić information content (AvgIpc) is 2.69. The quantitative estimate of drug-likeness (QED) is 0.526. The van der Waals surface area contributed by atoms with Gasteiger partial charge in [-0.15, -0.1) is 0 Å². The summed E-state index contributed by atoms with van der Waals surface area (Å²) in [5.74, 6) is 0.446. The van der Waals surface area contributed by atoms with E-state index in [1.54, 1.807) is 26.0 Å². The SMILES string of the molecule is CC1(C)C=Cc2cc(-c3coc4cc5c(c(O)c4c3=O)C[C@H](O)C(C)(C)O5)c(O)cc2O1. The van der Waals surface area contributed by atoms with Crippen molar-refractivity contribution in [1.82, 2.24) is 0 Å². The lowest BCUT2D eigenvalue weighted by atomic mass is 9.89. The molecule has 0 unspecified atom stereocenters. The van der Waals surface area contributed by atoms with E-state index in [2.05, 4.69) is 0 Å². The zero-order valence-electron chi connectivity index (χ0n) is 18.2. The second kappa shape index (κ2) is 6.53. The Morgan fingerprint density at radius 2 is 1.75 bits per heavy atom. The molecule has 3 N–H and O–H groups in total. The molecule has 0 fully saturated rings. The highest BCUT2D eigenvalue weighted by atomic mass is 16.5. The first-order valence-corrected chi connectivity index (χ1v) is 10.4. The van der Waals surface area contributed by atoms with Crippen LogP contribution < -0.4 is 14.9 Å². The molecule has 7 heteroatoms. The van der Waals surface area contributed by atoms with Gasteiger partial charge in [0.25, 0.3) is 0 Å². The molecule has 0 bridgehead atoms. The van der Waals surface area contributed by atoms with Crippen molar-refractivity contribution in [2.24, 2.45) is 0 Å². The normalized spacial score (nSPS) is 20.2. The molecule has 0 spiro atoms. The Kier molecular flexibility index (Phi) is 4.17. The van der Waals surface area contributed by atoms with Crippen LogP contribution in [0.4, 0.5) is 0 Å². The highest BCUT2D eigenvalue weighted by Gasteiger charge is 2.38. The summed E-state index contributed by atoms with van der Waals surface area (Å²) in [5, 5.41) is 31.9. The highest BCUT2D eigenvalue weighted by Crippen LogP contribution is 2.43. The third kappa shape index (κ3) is 3.04. The van der Waals surface area contributed by atoms with E-state index < -0.39 is 22.7 Å². The van der Waals surface area contributed by atoms with E-state index >= 15 is 0 Å². The van der Waals surface area contributed by atoms with E-state index in [-0.39, 0.29) is 40.0 Å². The second-order valence-electron chi connectivity index (χ2n) is 9.42. The Morgan fingerprint density at radius 1 is 1.00 bits per heavy atom. The summed E-state index contributed by atoms with van der Waals surface area (Å²) < 4.78 is 17.4. The molecule has 32 heavy (non-hydrogen) atoms. The molecule has 166 valence electrons. The van der Waals surface area contributed by atoms with Crippen molar-refractivity contribution in [2.45, 2.75) is 51.4 Å². The Hall–Kier alpha value is -3.45. The van der Waals surface area contributed by atoms with Crippen molar-refractivity contribution < 1.29 is 29.2 Å². The summed E-state index contributed by atoms with van der Waals surface area (Å²) in [7, 11) is 0. The number of hydrogen-bond donors (Lipinski definition) is 3. The first-order valence-electron chi connectivity index (χ1n) is 10.4. The van der Waals surface area contributed by atoms with Crippen molar-refractivity contribution >= 4 is 17.0 Å². The summed E-state index contributed by atoms with van der Waals surface area (Å²) in [4.78, 5) is 13.4. The summed E-state index contributed by atoms with van der Waals surface area (Å²) in [6.07, 6.45) is 4.31. The van der Waals surface area contributed by atoms with Crippen LogP contribution in [0.5, 0.6) is 23.0 Å². The molecule has 2 aromatic carbocycles. The van der Waals surface area contributed by atoms with Gasteiger partial charge in [-0.2, -0.15) is 0 Å². The minimum Gasteiger partial charge on any atom is -0.507 e. The third-order valence-electron chi connectivity index (χ3n) is 6.13. The second-order valence-corrected chi connectivity index (χ2v) is 9.42. The molecular formula is C25H24O7. The molecule has 0 radical (unpaired) electrons. The monoisotopic (exact) mass is 436 g/mol. The Morgan fingerprint density at radius 3 is 2.50 bits per heavy atom. The van der Waals surface area contributed by atoms with Crippen LogP contribution in [0.2, 0.25) is 0 Å². The molecule has 3 heterocycles. The molecule has 2 aliphatic heterocycles. The van der Waals surface area contributed by atoms with E-state index in [0.717, 1.165) is 0 Å². The minimum atomic E-state index is -0.852. The van der Waals surface area contributed by atoms with Crippen molar-refractivity contribution in [3.05, 3.63) is 51.9 Å². The van der Waals surface area contributed by atoms with Gasteiger partial charge in [0.05, 0.1) is 11.7 Å². The highest BCUT2D eigenvalue weighted by molar-refractivity contribution is 5.91. The fourth-order valence-corrected chi connectivity index (χ4v) is 4.18. The molecule has 2 aliphatic rings. The summed E-state index contributed by atoms with van der Waals surface area (Å²) in [6.45, 7) is 7.31. The molecule has 7 nitrogen and oxygen atoms in total. The number of rotatable bonds is 1. The molecule has 1 aromatic heterocycles. The molecule has 0 amide bonds. The summed E-state index contributed by atoms with van der Waals surface area (Å²) >= 11 is 0. The van der Waals surface area contributed by atoms with E-state index in [9.17, 15) is 20.1 Å². The number of aliphatic hydroxyl groups is 1. The van der Waals surface area contributed by atoms with Crippen LogP contribution in [0.25, 0.3) is 28.2 Å². The van der Waals surface area contributed by atoms with Gasteiger partial charge in [0.1, 0.15) is 51.4 Å². The lowest BCUT2D eigenvalue weighted by Crippen LogP contribution is -2.46. The van der Waals surface area contributed by atoms with Gasteiger partial charge < -0.3 is 29.2 Å². The van der Waals surface area contributed by atoms with Gasteiger partial charge in [-0.25, -0.2) is 0 Å². The summed E-state index contributed by atoms with van der Waals surface area (Å²) in [6, 6.07) is 4.67. The molecule has 1 atom stereocenters. The van der Waals surface area contributed by atoms with Crippen LogP contribution >= 0.6 is 0 Å². The average molecular weight is 436 g/mol. The Balaban J connectivity index is 1.69. The predicted molar refractivity (Wildman–Crippen MR) is 119 cm³/mol. The van der Waals surface area contributed by atoms with E-state index in [4.69, 9.17) is 13.9 Å². The Labute approximate surface area is 184 Å². The van der Waals surface area contributed by atoms with Crippen molar-refractivity contribution in [3.8, 4) is 34.1 Å². The van der Waals surface area contributed by atoms with Gasteiger partial charge in [-0.1, -0.05) is 6.08 Å². The van der Waals surface area contributed by atoms with Crippen LogP contribution in [0, 0.1) is 0 Å². The van der Waals surface area contributed by atoms with Crippen LogP contribution in [0.1, 0.15) is 38.8 Å². The van der Waals surface area contributed by atoms with Crippen LogP contribution in [-0.4, -0.2) is 32.6 Å². The number of fused-ring (bicyclic) bond motifs is 3. The van der Waals surface area contributed by atoms with Gasteiger partial charge >= 0.3 is 0 Å². The molecule has 0 saturated carbocycles. The summed E-state index contributed by atoms with van der Waals surface area (Å²) in [5.41, 5.74) is -0.258. The minimum absolute atomic E-state index is 0.0261. The van der Waals surface area contributed by atoms with Crippen molar-refractivity contribution in [2.75, 3.05) is 0 Å². The van der Waals surface area contributed by atoms with Gasteiger partial charge in [-0.05, 0) is 39.8 Å². The topological polar surface area (TPSA) is 109 Å². The fourth-order valence-electron chi connectivity index (χ4n) is 4.18. The zero-order valence-corrected chi connectivity index (χ0v) is 18.2. The van der Waals surface area contributed by atoms with Crippen LogP contribution in [0.15, 0.2) is 39.7 Å². The molecule has 5 rings (SSSR count). The number of aliphatic hydroxyl groups excluding tert-OH is 1. The number of aromatic hydroxyl groups is 2. The van der Waals surface area contributed by atoms with Crippen molar-refractivity contribution in [3.63, 3.8) is 0 Å². The maximum Gasteiger partial charge on any atom is 0.204 e. The standard InChI is InChI=1S/C25H24O7/c1-24(2)6-5-12-7-13(16(26)9-17(12)31-24)15-11-30-19-10-18-14(22(28)21(19)23(15)29)8-20(27)25(3,4)32-18/h5-7,9-11,20,26-28H,8H2,1-4H3/t20-/m0/s1. The lowest BCUT2D eigenvalue weighted by Gasteiger charge is -2.37. The largest absolute Gasteiger partial charge is 0.507 e. The number of phenols is 2. The smallest absolute Gasteiger partial charge is 0.204 e. The number of ether oxygens (including phenoxy) is 2. The third-order valence-corrected chi connectivity index (χ3v) is 6.13. The fraction of sp³-hybridized carbons (Fsp3) is 0.320. The first-order chi connectivity index (χ1) is 15.0. The first kappa shape index (κ1) is 20.5. The van der Waals surface area contributed by atoms with Gasteiger partial charge in [0, 0.05) is 35.2 Å². The van der Waals surface area contributed by atoms with E-state index in [1.807, 2.05) is 26.0 Å². The molecule has 3 aromatic rings. The van der Waals surface area contributed by atoms with Gasteiger partial charge in [0.15, 0.2) is 0 Å². The Bertz CT molecular complexity index is 1360. The predicted octanol–water partition coefficient (Wildman–Crippen LogP) is 4.13. The molecule has 0 aliphatic carbocycles. The van der Waals surface area contributed by atoms with Gasteiger partial charge in [-0.3, -0.25) is 4.79 Å². The molecular weight excluding hydrogens is 412 g/mol. The zero-order chi connectivity index (χ0) is 23.0. The maximum absolute atomic E-state index is 13.4. The molecule has 0 saturated heterocycles. The lowest BCUT2D eigenvalue weighted by molar-refractivity contribution is -0.0415. The van der Waals surface area contributed by atoms with E-state index in [1.165, 1.54) is 12.3 Å². The van der Waals surface area contributed by atoms with Crippen molar-refractivity contribution in [1.29, 1.82) is 0 Å². The number of phenolic OH excluding ortho intramolecular Hbond substituents is 2. The number of benzene rings is 2.